The van der Waals surface area contributed by atoms with Crippen LogP contribution < -0.4 is 0 Å². The number of carbonyl (C=O) groups excluding carboxylic acids is 1. The van der Waals surface area contributed by atoms with Gasteiger partial charge in [-0.1, -0.05) is 6.92 Å². The number of hydrogen-bond acceptors (Lipinski definition) is 1. The minimum absolute atomic E-state index is 0.0159. The Morgan fingerprint density at radius 2 is 2.09 bits per heavy atom. The molecule has 0 aromatic carbocycles. The molecule has 2 heteroatoms. The number of likely N-dealkylation sites (N-methyl/N-ethyl adjacent to an activating group) is 1. The molecule has 0 atom stereocenters. The summed E-state index contributed by atoms with van der Waals surface area (Å²) in [6, 6.07) is 0. The lowest BCUT2D eigenvalue weighted by atomic mass is 10.2. The third kappa shape index (κ3) is 4.40. The third-order valence-corrected chi connectivity index (χ3v) is 1.41. The van der Waals surface area contributed by atoms with E-state index in [1.807, 2.05) is 13.8 Å². The Hall–Kier alpha value is -1.01. The van der Waals surface area contributed by atoms with Crippen LogP contribution in [0.2, 0.25) is 0 Å². The molecule has 0 aromatic heterocycles. The fourth-order valence-electron chi connectivity index (χ4n) is 0.416. The van der Waals surface area contributed by atoms with Crippen LogP contribution in [0.5, 0.6) is 0 Å². The highest BCUT2D eigenvalue weighted by Crippen LogP contribution is 1.94. The van der Waals surface area contributed by atoms with Crippen molar-refractivity contribution in [3.8, 4) is 0 Å². The van der Waals surface area contributed by atoms with Crippen LogP contribution in [-0.2, 0) is 4.79 Å². The number of nitrogens with zero attached hydrogens (tertiary/aromatic N) is 1. The number of hydrogen-bond donors (Lipinski definition) is 0. The van der Waals surface area contributed by atoms with E-state index in [1.54, 1.807) is 14.1 Å². The molecule has 62 valence electrons. The van der Waals surface area contributed by atoms with Gasteiger partial charge < -0.3 is 4.90 Å². The summed E-state index contributed by atoms with van der Waals surface area (Å²) < 4.78 is 0. The molecule has 0 aliphatic carbocycles. The summed E-state index contributed by atoms with van der Waals surface area (Å²) >= 11 is 0. The maximum atomic E-state index is 11.0. The normalized spacial score (nSPS) is 8.36. The Kier molecular flexibility index (Phi) is 4.32. The highest BCUT2D eigenvalue weighted by Gasteiger charge is 1.94. The summed E-state index contributed by atoms with van der Waals surface area (Å²) in [5.74, 6) is -0.0159. The molecule has 0 rings (SSSR count). The molecular weight excluding hydrogens is 138 g/mol. The third-order valence-electron chi connectivity index (χ3n) is 1.41. The topological polar surface area (TPSA) is 20.3 Å². The first-order valence-electron chi connectivity index (χ1n) is 3.71. The first-order valence-corrected chi connectivity index (χ1v) is 3.71. The second-order valence-corrected chi connectivity index (χ2v) is 2.66. The quantitative estimate of drug-likeness (QED) is 0.435. The second-order valence-electron chi connectivity index (χ2n) is 2.66. The second kappa shape index (κ2) is 4.75. The van der Waals surface area contributed by atoms with E-state index in [0.717, 1.165) is 12.0 Å². The van der Waals surface area contributed by atoms with E-state index < -0.39 is 0 Å². The molecule has 0 aliphatic heterocycles. The summed E-state index contributed by atoms with van der Waals surface area (Å²) in [7, 11) is 3.45. The molecule has 0 aliphatic rings. The zero-order chi connectivity index (χ0) is 8.85. The van der Waals surface area contributed by atoms with Gasteiger partial charge in [0, 0.05) is 20.2 Å². The van der Waals surface area contributed by atoms with Crippen molar-refractivity contribution in [1.29, 1.82) is 0 Å². The van der Waals surface area contributed by atoms with Gasteiger partial charge in [0.25, 0.3) is 5.91 Å². The average Bonchev–Trinajstić information content (AvgIpc) is 1.99. The zero-order valence-electron chi connectivity index (χ0n) is 7.64. The summed E-state index contributed by atoms with van der Waals surface area (Å²) in [6.45, 7) is 4.00. The van der Waals surface area contributed by atoms with Crippen molar-refractivity contribution in [1.82, 2.24) is 4.90 Å². The maximum Gasteiger partial charge on any atom is 0.253 e. The molecule has 0 saturated carbocycles. The van der Waals surface area contributed by atoms with Crippen molar-refractivity contribution in [2.24, 2.45) is 0 Å². The van der Waals surface area contributed by atoms with Gasteiger partial charge in [-0.05, 0) is 18.9 Å². The van der Waals surface area contributed by atoms with E-state index in [2.05, 4.69) is 5.73 Å². The lowest BCUT2D eigenvalue weighted by molar-refractivity contribution is -0.123. The van der Waals surface area contributed by atoms with Gasteiger partial charge in [0.2, 0.25) is 0 Å². The molecule has 0 unspecified atom stereocenters. The lowest BCUT2D eigenvalue weighted by Crippen LogP contribution is -2.18. The van der Waals surface area contributed by atoms with Gasteiger partial charge in [0.1, 0.15) is 0 Å². The highest BCUT2D eigenvalue weighted by atomic mass is 16.2. The minimum Gasteiger partial charge on any atom is -0.345 e. The van der Waals surface area contributed by atoms with Crippen molar-refractivity contribution < 1.29 is 4.79 Å². The molecule has 2 nitrogen and oxygen atoms in total. The van der Waals surface area contributed by atoms with Crippen LogP contribution >= 0.6 is 0 Å². The Labute approximate surface area is 68.2 Å². The van der Waals surface area contributed by atoms with Gasteiger partial charge in [-0.15, -0.1) is 5.73 Å². The van der Waals surface area contributed by atoms with Gasteiger partial charge in [-0.2, -0.15) is 0 Å². The fourth-order valence-corrected chi connectivity index (χ4v) is 0.416. The van der Waals surface area contributed by atoms with Gasteiger partial charge in [-0.25, -0.2) is 0 Å². The number of rotatable bonds is 2. The maximum absolute atomic E-state index is 11.0. The monoisotopic (exact) mass is 153 g/mol. The van der Waals surface area contributed by atoms with Gasteiger partial charge in [-0.3, -0.25) is 4.79 Å². The van der Waals surface area contributed by atoms with Gasteiger partial charge in [0.15, 0.2) is 0 Å². The number of carbonyl (C=O) groups is 1. The molecule has 1 amide bonds. The molecule has 0 fully saturated rings. The first-order chi connectivity index (χ1) is 5.07. The fraction of sp³-hybridized carbons (Fsp3) is 0.556. The van der Waals surface area contributed by atoms with E-state index >= 15 is 0 Å². The molecule has 0 saturated heterocycles. The first kappa shape index (κ1) is 9.99. The van der Waals surface area contributed by atoms with Crippen LogP contribution in [-0.4, -0.2) is 24.9 Å². The Morgan fingerprint density at radius 3 is 2.45 bits per heavy atom. The van der Waals surface area contributed by atoms with Crippen molar-refractivity contribution in [2.75, 3.05) is 14.1 Å². The van der Waals surface area contributed by atoms with Crippen LogP contribution in [0.15, 0.2) is 17.4 Å². The molecule has 0 radical (unpaired) electrons. The molecule has 0 bridgehead atoms. The Balaban J connectivity index is 4.23. The highest BCUT2D eigenvalue weighted by molar-refractivity contribution is 5.86. The summed E-state index contributed by atoms with van der Waals surface area (Å²) in [5, 5.41) is 0. The molecule has 0 heterocycles. The van der Waals surface area contributed by atoms with Gasteiger partial charge in [0.05, 0.1) is 0 Å². The van der Waals surface area contributed by atoms with E-state index in [4.69, 9.17) is 0 Å². The van der Waals surface area contributed by atoms with E-state index in [0.29, 0.717) is 0 Å². The molecule has 0 N–H and O–H groups in total. The van der Waals surface area contributed by atoms with E-state index in [1.165, 1.54) is 11.0 Å². The lowest BCUT2D eigenvalue weighted by Gasteiger charge is -2.03. The zero-order valence-corrected chi connectivity index (χ0v) is 7.64. The summed E-state index contributed by atoms with van der Waals surface area (Å²) in [6.07, 6.45) is 2.41. The van der Waals surface area contributed by atoms with Crippen molar-refractivity contribution in [3.05, 3.63) is 17.4 Å². The van der Waals surface area contributed by atoms with Crippen LogP contribution in [0.4, 0.5) is 0 Å². The standard InChI is InChI=1S/C9H15NO/c1-5-8(2)6-7-9(11)10(3)4/h7H,5H2,1-4H3. The van der Waals surface area contributed by atoms with E-state index in [9.17, 15) is 4.79 Å². The van der Waals surface area contributed by atoms with Gasteiger partial charge >= 0.3 is 0 Å². The van der Waals surface area contributed by atoms with Crippen LogP contribution in [0, 0.1) is 0 Å². The SMILES string of the molecule is CCC(C)=C=CC(=O)N(C)C. The van der Waals surface area contributed by atoms with Crippen LogP contribution in [0.25, 0.3) is 0 Å². The molecule has 11 heavy (non-hydrogen) atoms. The molecular formula is C9H15NO. The Bertz CT molecular complexity index is 198. The van der Waals surface area contributed by atoms with Crippen molar-refractivity contribution >= 4 is 5.91 Å². The van der Waals surface area contributed by atoms with Crippen LogP contribution in [0.3, 0.4) is 0 Å². The average molecular weight is 153 g/mol. The predicted octanol–water partition coefficient (Wildman–Crippen LogP) is 1.59. The van der Waals surface area contributed by atoms with Crippen molar-refractivity contribution in [3.63, 3.8) is 0 Å². The largest absolute Gasteiger partial charge is 0.345 e. The summed E-state index contributed by atoms with van der Waals surface area (Å²) in [4.78, 5) is 12.5. The van der Waals surface area contributed by atoms with E-state index in [-0.39, 0.29) is 5.91 Å². The molecule has 0 aromatic rings. The molecule has 0 spiro atoms. The Morgan fingerprint density at radius 1 is 1.55 bits per heavy atom. The number of amides is 1. The van der Waals surface area contributed by atoms with Crippen molar-refractivity contribution in [2.45, 2.75) is 20.3 Å². The summed E-state index contributed by atoms with van der Waals surface area (Å²) in [5.41, 5.74) is 4.01. The predicted molar refractivity (Wildman–Crippen MR) is 46.3 cm³/mol. The smallest absolute Gasteiger partial charge is 0.253 e. The minimum atomic E-state index is -0.0159. The van der Waals surface area contributed by atoms with Crippen LogP contribution in [0.1, 0.15) is 20.3 Å².